The summed E-state index contributed by atoms with van der Waals surface area (Å²) in [5.74, 6) is 0.805. The molecule has 12 nitrogen and oxygen atoms in total. The molecule has 33 heavy (non-hydrogen) atoms. The summed E-state index contributed by atoms with van der Waals surface area (Å²) >= 11 is 0. The smallest absolute Gasteiger partial charge is 0.328 e. The third-order valence-corrected chi connectivity index (χ3v) is 5.65. The predicted octanol–water partition coefficient (Wildman–Crippen LogP) is 0.718. The number of aromatic nitrogens is 1. The fourth-order valence-electron chi connectivity index (χ4n) is 3.90. The lowest BCUT2D eigenvalue weighted by Crippen LogP contribution is -2.64. The van der Waals surface area contributed by atoms with E-state index in [0.717, 1.165) is 10.5 Å². The lowest BCUT2D eigenvalue weighted by molar-refractivity contribution is -0.147. The van der Waals surface area contributed by atoms with E-state index in [2.05, 4.69) is 10.1 Å². The third-order valence-electron chi connectivity index (χ3n) is 5.65. The molecule has 1 aromatic heterocycles. The molecule has 4 heterocycles. The molecule has 5 rings (SSSR count). The molecule has 2 atom stereocenters. The predicted molar refractivity (Wildman–Crippen MR) is 111 cm³/mol. The van der Waals surface area contributed by atoms with Gasteiger partial charge in [0.05, 0.1) is 6.34 Å². The number of ether oxygens (including phenoxy) is 3. The SMILES string of the molecule is CN1C(=O)C2C(N=CN2CC(=O)OCc2cc(-c3ccc4c(c3)OCCO4)on2)N(C)C1=O. The minimum Gasteiger partial charge on any atom is -0.486 e. The minimum absolute atomic E-state index is 0.0990. The van der Waals surface area contributed by atoms with E-state index < -0.39 is 30.1 Å². The minimum atomic E-state index is -0.765. The van der Waals surface area contributed by atoms with Gasteiger partial charge in [0, 0.05) is 25.7 Å². The molecule has 1 saturated heterocycles. The van der Waals surface area contributed by atoms with Gasteiger partial charge >= 0.3 is 12.0 Å². The largest absolute Gasteiger partial charge is 0.486 e. The second-order valence-corrected chi connectivity index (χ2v) is 7.79. The summed E-state index contributed by atoms with van der Waals surface area (Å²) in [6.45, 7) is 0.692. The number of carbonyl (C=O) groups is 3. The van der Waals surface area contributed by atoms with Crippen molar-refractivity contribution >= 4 is 24.2 Å². The van der Waals surface area contributed by atoms with E-state index >= 15 is 0 Å². The van der Waals surface area contributed by atoms with E-state index in [1.54, 1.807) is 25.2 Å². The summed E-state index contributed by atoms with van der Waals surface area (Å²) in [6, 6.07) is 5.89. The van der Waals surface area contributed by atoms with Gasteiger partial charge in [-0.25, -0.2) is 9.79 Å². The Labute approximate surface area is 188 Å². The van der Waals surface area contributed by atoms with Crippen molar-refractivity contribution in [3.05, 3.63) is 30.0 Å². The maximum absolute atomic E-state index is 12.5. The normalized spacial score (nSPS) is 21.5. The Morgan fingerprint density at radius 3 is 2.76 bits per heavy atom. The van der Waals surface area contributed by atoms with Crippen molar-refractivity contribution in [2.24, 2.45) is 4.99 Å². The van der Waals surface area contributed by atoms with Gasteiger partial charge in [-0.3, -0.25) is 14.5 Å². The summed E-state index contributed by atoms with van der Waals surface area (Å²) in [5.41, 5.74) is 1.18. The number of esters is 1. The third kappa shape index (κ3) is 3.73. The summed E-state index contributed by atoms with van der Waals surface area (Å²) in [4.78, 5) is 45.0. The van der Waals surface area contributed by atoms with Gasteiger partial charge in [-0.2, -0.15) is 0 Å². The molecule has 3 aliphatic heterocycles. The molecule has 3 amide bonds. The van der Waals surface area contributed by atoms with Gasteiger partial charge in [0.15, 0.2) is 29.5 Å². The van der Waals surface area contributed by atoms with Crippen LogP contribution in [-0.2, 0) is 20.9 Å². The van der Waals surface area contributed by atoms with Crippen molar-refractivity contribution in [3.8, 4) is 22.8 Å². The molecule has 0 saturated carbocycles. The van der Waals surface area contributed by atoms with Crippen molar-refractivity contribution < 1.29 is 33.1 Å². The molecule has 2 aromatic rings. The molecular weight excluding hydrogens is 434 g/mol. The van der Waals surface area contributed by atoms with E-state index in [1.807, 2.05) is 6.07 Å². The number of urea groups is 1. The second kappa shape index (κ2) is 8.11. The molecule has 0 bridgehead atoms. The van der Waals surface area contributed by atoms with Crippen LogP contribution in [0.5, 0.6) is 11.5 Å². The second-order valence-electron chi connectivity index (χ2n) is 7.79. The van der Waals surface area contributed by atoms with E-state index in [0.29, 0.717) is 36.2 Å². The highest BCUT2D eigenvalue weighted by Gasteiger charge is 2.48. The number of benzene rings is 1. The molecule has 0 spiro atoms. The van der Waals surface area contributed by atoms with Gasteiger partial charge in [0.2, 0.25) is 0 Å². The number of fused-ring (bicyclic) bond motifs is 2. The molecule has 12 heteroatoms. The molecule has 0 aliphatic carbocycles. The van der Waals surface area contributed by atoms with Crippen molar-refractivity contribution in [1.82, 2.24) is 19.9 Å². The molecule has 2 unspecified atom stereocenters. The molecule has 1 aromatic carbocycles. The molecule has 3 aliphatic rings. The van der Waals surface area contributed by atoms with Crippen LogP contribution in [0.1, 0.15) is 5.69 Å². The Morgan fingerprint density at radius 2 is 1.94 bits per heavy atom. The quantitative estimate of drug-likeness (QED) is 0.599. The van der Waals surface area contributed by atoms with Gasteiger partial charge in [-0.05, 0) is 18.2 Å². The fraction of sp³-hybridized carbons (Fsp3) is 0.381. The van der Waals surface area contributed by atoms with E-state index in [4.69, 9.17) is 18.7 Å². The maximum Gasteiger partial charge on any atom is 0.328 e. The van der Waals surface area contributed by atoms with E-state index in [9.17, 15) is 14.4 Å². The molecule has 0 N–H and O–H groups in total. The standard InChI is InChI=1S/C21H21N5O7/c1-24-19-18(20(28)25(2)21(24)29)26(11-22-19)9-17(27)32-10-13-8-15(33-23-13)12-3-4-14-16(7-12)31-6-5-30-14/h3-4,7-8,11,18-19H,5-6,9-10H2,1-2H3. The van der Waals surface area contributed by atoms with Crippen LogP contribution in [0.2, 0.25) is 0 Å². The lowest BCUT2D eigenvalue weighted by Gasteiger charge is -2.39. The number of hydrogen-bond acceptors (Lipinski definition) is 10. The highest BCUT2D eigenvalue weighted by Crippen LogP contribution is 2.34. The van der Waals surface area contributed by atoms with Crippen LogP contribution in [0.3, 0.4) is 0 Å². The number of nitrogens with zero attached hydrogens (tertiary/aromatic N) is 5. The fourth-order valence-corrected chi connectivity index (χ4v) is 3.90. The van der Waals surface area contributed by atoms with Gasteiger partial charge in [0.1, 0.15) is 32.1 Å². The molecular formula is C21H21N5O7. The van der Waals surface area contributed by atoms with Crippen molar-refractivity contribution in [2.45, 2.75) is 18.8 Å². The number of aliphatic imine (C=N–C) groups is 1. The molecule has 1 fully saturated rings. The van der Waals surface area contributed by atoms with Crippen LogP contribution < -0.4 is 9.47 Å². The number of hydrogen-bond donors (Lipinski definition) is 0. The Hall–Kier alpha value is -4.09. The number of amides is 3. The van der Waals surface area contributed by atoms with Crippen molar-refractivity contribution in [3.63, 3.8) is 0 Å². The van der Waals surface area contributed by atoms with Crippen LogP contribution in [0.4, 0.5) is 4.79 Å². The lowest BCUT2D eigenvalue weighted by atomic mass is 10.1. The van der Waals surface area contributed by atoms with Crippen LogP contribution in [0.25, 0.3) is 11.3 Å². The Bertz CT molecular complexity index is 1150. The Kier molecular flexibility index (Phi) is 5.11. The average molecular weight is 455 g/mol. The van der Waals surface area contributed by atoms with E-state index in [-0.39, 0.29) is 13.2 Å². The van der Waals surface area contributed by atoms with Crippen molar-refractivity contribution in [1.29, 1.82) is 0 Å². The molecule has 0 radical (unpaired) electrons. The zero-order valence-corrected chi connectivity index (χ0v) is 18.0. The summed E-state index contributed by atoms with van der Waals surface area (Å²) < 4.78 is 21.8. The molecule has 172 valence electrons. The number of carbonyl (C=O) groups excluding carboxylic acids is 3. The topological polar surface area (TPSA) is 127 Å². The van der Waals surface area contributed by atoms with Gasteiger partial charge < -0.3 is 28.5 Å². The first-order valence-electron chi connectivity index (χ1n) is 10.3. The van der Waals surface area contributed by atoms with Gasteiger partial charge in [-0.1, -0.05) is 5.16 Å². The summed E-state index contributed by atoms with van der Waals surface area (Å²) in [5, 5.41) is 3.95. The van der Waals surface area contributed by atoms with Crippen LogP contribution in [-0.4, -0.2) is 90.2 Å². The zero-order valence-electron chi connectivity index (χ0n) is 18.0. The number of likely N-dealkylation sites (N-methyl/N-ethyl adjacent to an activating group) is 2. The number of imide groups is 1. The van der Waals surface area contributed by atoms with Crippen LogP contribution >= 0.6 is 0 Å². The summed E-state index contributed by atoms with van der Waals surface area (Å²) in [6.07, 6.45) is 0.728. The maximum atomic E-state index is 12.5. The first-order chi connectivity index (χ1) is 15.9. The Morgan fingerprint density at radius 1 is 1.15 bits per heavy atom. The highest BCUT2D eigenvalue weighted by molar-refractivity contribution is 6.02. The average Bonchev–Trinajstić information content (AvgIpc) is 3.47. The van der Waals surface area contributed by atoms with E-state index in [1.165, 1.54) is 23.2 Å². The van der Waals surface area contributed by atoms with Gasteiger partial charge in [0.25, 0.3) is 5.91 Å². The highest BCUT2D eigenvalue weighted by atomic mass is 16.6. The van der Waals surface area contributed by atoms with Crippen LogP contribution in [0, 0.1) is 0 Å². The zero-order chi connectivity index (χ0) is 23.1. The van der Waals surface area contributed by atoms with Crippen LogP contribution in [0.15, 0.2) is 33.8 Å². The van der Waals surface area contributed by atoms with Crippen molar-refractivity contribution in [2.75, 3.05) is 33.9 Å². The Balaban J connectivity index is 1.19. The first kappa shape index (κ1) is 20.8. The van der Waals surface area contributed by atoms with Gasteiger partial charge in [-0.15, -0.1) is 0 Å². The first-order valence-corrected chi connectivity index (χ1v) is 10.3. The number of rotatable bonds is 5. The monoisotopic (exact) mass is 455 g/mol. The summed E-state index contributed by atoms with van der Waals surface area (Å²) in [7, 11) is 2.96.